The van der Waals surface area contributed by atoms with Crippen molar-refractivity contribution in [2.75, 3.05) is 5.43 Å². The zero-order valence-electron chi connectivity index (χ0n) is 11.8. The molecule has 0 unspecified atom stereocenters. The van der Waals surface area contributed by atoms with Gasteiger partial charge in [-0.05, 0) is 18.9 Å². The van der Waals surface area contributed by atoms with E-state index in [-0.39, 0.29) is 21.8 Å². The van der Waals surface area contributed by atoms with Crippen LogP contribution in [0, 0.1) is 0 Å². The van der Waals surface area contributed by atoms with E-state index in [0.29, 0.717) is 0 Å². The van der Waals surface area contributed by atoms with Gasteiger partial charge in [0.15, 0.2) is 5.82 Å². The normalized spacial score (nSPS) is 18.0. The zero-order chi connectivity index (χ0) is 15.3. The van der Waals surface area contributed by atoms with Gasteiger partial charge in [-0.25, -0.2) is 24.0 Å². The molecule has 4 N–H and O–H groups in total. The Morgan fingerprint density at radius 2 is 1.81 bits per heavy atom. The Kier molecular flexibility index (Phi) is 5.80. The van der Waals surface area contributed by atoms with E-state index in [1.165, 1.54) is 31.5 Å². The second-order valence-electron chi connectivity index (χ2n) is 5.31. The van der Waals surface area contributed by atoms with Gasteiger partial charge in [0.2, 0.25) is 10.0 Å². The number of nitrogens with one attached hydrogen (secondary N) is 2. The summed E-state index contributed by atoms with van der Waals surface area (Å²) in [5.74, 6) is 5.48. The molecule has 0 aromatic carbocycles. The summed E-state index contributed by atoms with van der Waals surface area (Å²) in [7, 11) is -3.60. The van der Waals surface area contributed by atoms with Crippen LogP contribution in [-0.4, -0.2) is 19.4 Å². The van der Waals surface area contributed by atoms with Crippen LogP contribution in [0.15, 0.2) is 17.2 Å². The molecule has 8 heteroatoms. The van der Waals surface area contributed by atoms with Crippen LogP contribution in [0.3, 0.4) is 0 Å². The molecule has 0 radical (unpaired) electrons. The molecule has 1 aromatic heterocycles. The van der Waals surface area contributed by atoms with Gasteiger partial charge in [-0.3, -0.25) is 0 Å². The van der Waals surface area contributed by atoms with Gasteiger partial charge in [0, 0.05) is 12.2 Å². The van der Waals surface area contributed by atoms with E-state index >= 15 is 0 Å². The topological polar surface area (TPSA) is 97.1 Å². The molecule has 0 amide bonds. The Balaban J connectivity index is 2.11. The molecule has 1 aliphatic carbocycles. The van der Waals surface area contributed by atoms with E-state index in [4.69, 9.17) is 17.4 Å². The van der Waals surface area contributed by atoms with Crippen LogP contribution in [-0.2, 0) is 10.0 Å². The summed E-state index contributed by atoms with van der Waals surface area (Å²) >= 11 is 5.93. The van der Waals surface area contributed by atoms with Gasteiger partial charge < -0.3 is 5.43 Å². The zero-order valence-corrected chi connectivity index (χ0v) is 13.4. The third kappa shape index (κ3) is 4.54. The Labute approximate surface area is 130 Å². The van der Waals surface area contributed by atoms with Gasteiger partial charge >= 0.3 is 0 Å². The summed E-state index contributed by atoms with van der Waals surface area (Å²) < 4.78 is 27.5. The number of rotatable bonds is 4. The maximum Gasteiger partial charge on any atom is 0.242 e. The minimum absolute atomic E-state index is 0.0126. The lowest BCUT2D eigenvalue weighted by Gasteiger charge is -2.21. The van der Waals surface area contributed by atoms with E-state index in [1.54, 1.807) is 0 Å². The first-order valence-corrected chi connectivity index (χ1v) is 9.03. The molecular formula is C13H21ClN4O2S. The molecule has 21 heavy (non-hydrogen) atoms. The van der Waals surface area contributed by atoms with Crippen LogP contribution in [0.4, 0.5) is 5.82 Å². The number of nitrogens with zero attached hydrogens (tertiary/aromatic N) is 1. The van der Waals surface area contributed by atoms with Crippen molar-refractivity contribution in [2.45, 2.75) is 55.9 Å². The fraction of sp³-hybridized carbons (Fsp3) is 0.615. The number of halogens is 1. The average Bonchev–Trinajstić information content (AvgIpc) is 2.41. The van der Waals surface area contributed by atoms with Crippen molar-refractivity contribution in [1.82, 2.24) is 9.71 Å². The predicted molar refractivity (Wildman–Crippen MR) is 83.5 cm³/mol. The summed E-state index contributed by atoms with van der Waals surface area (Å²) in [5, 5.41) is 0.179. The van der Waals surface area contributed by atoms with Crippen molar-refractivity contribution in [3.8, 4) is 0 Å². The van der Waals surface area contributed by atoms with Gasteiger partial charge in [-0.15, -0.1) is 0 Å². The molecule has 1 fully saturated rings. The summed E-state index contributed by atoms with van der Waals surface area (Å²) in [6.45, 7) is 0. The fourth-order valence-electron chi connectivity index (χ4n) is 2.53. The second-order valence-corrected chi connectivity index (χ2v) is 7.43. The van der Waals surface area contributed by atoms with E-state index < -0.39 is 10.0 Å². The summed E-state index contributed by atoms with van der Waals surface area (Å²) in [4.78, 5) is 3.97. The lowest BCUT2D eigenvalue weighted by molar-refractivity contribution is 0.426. The highest BCUT2D eigenvalue weighted by atomic mass is 35.5. The number of aromatic nitrogens is 1. The number of nitrogens with two attached hydrogens (primary N) is 1. The Morgan fingerprint density at radius 3 is 2.38 bits per heavy atom. The average molecular weight is 333 g/mol. The summed E-state index contributed by atoms with van der Waals surface area (Å²) in [5.41, 5.74) is 2.31. The maximum atomic E-state index is 12.4. The van der Waals surface area contributed by atoms with E-state index in [9.17, 15) is 8.42 Å². The van der Waals surface area contributed by atoms with E-state index in [2.05, 4.69) is 15.1 Å². The number of nitrogen functional groups attached to an aromatic ring is 1. The monoisotopic (exact) mass is 332 g/mol. The highest BCUT2D eigenvalue weighted by molar-refractivity contribution is 7.89. The smallest absolute Gasteiger partial charge is 0.242 e. The number of anilines is 1. The van der Waals surface area contributed by atoms with Crippen LogP contribution >= 0.6 is 11.6 Å². The van der Waals surface area contributed by atoms with Crippen molar-refractivity contribution in [3.63, 3.8) is 0 Å². The Hall–Kier alpha value is -0.890. The molecule has 2 rings (SSSR count). The molecule has 1 heterocycles. The van der Waals surface area contributed by atoms with Gasteiger partial charge in [0.25, 0.3) is 0 Å². The first-order chi connectivity index (χ1) is 10.0. The summed E-state index contributed by atoms with van der Waals surface area (Å²) in [6, 6.07) is 1.34. The number of hydrogen-bond acceptors (Lipinski definition) is 5. The molecule has 0 bridgehead atoms. The number of hydrazine groups is 1. The first-order valence-electron chi connectivity index (χ1n) is 7.17. The van der Waals surface area contributed by atoms with Gasteiger partial charge in [-0.2, -0.15) is 0 Å². The largest absolute Gasteiger partial charge is 0.307 e. The fourth-order valence-corrected chi connectivity index (χ4v) is 4.10. The van der Waals surface area contributed by atoms with Crippen LogP contribution in [0.1, 0.15) is 44.9 Å². The Bertz CT molecular complexity index is 572. The quantitative estimate of drug-likeness (QED) is 0.581. The van der Waals surface area contributed by atoms with Gasteiger partial charge in [0.05, 0.1) is 5.02 Å². The lowest BCUT2D eigenvalue weighted by atomic mass is 9.97. The minimum Gasteiger partial charge on any atom is -0.307 e. The molecule has 0 spiro atoms. The highest BCUT2D eigenvalue weighted by Crippen LogP contribution is 2.23. The van der Waals surface area contributed by atoms with E-state index in [1.807, 2.05) is 0 Å². The SMILES string of the molecule is NNc1ncc(S(=O)(=O)NC2CCCCCCC2)cc1Cl. The third-order valence-corrected chi connectivity index (χ3v) is 5.47. The van der Waals surface area contributed by atoms with Crippen LogP contribution in [0.2, 0.25) is 5.02 Å². The third-order valence-electron chi connectivity index (χ3n) is 3.69. The number of hydrogen-bond donors (Lipinski definition) is 3. The van der Waals surface area contributed by atoms with Crippen LogP contribution in [0.25, 0.3) is 0 Å². The number of pyridine rings is 1. The lowest BCUT2D eigenvalue weighted by Crippen LogP contribution is -2.35. The molecular weight excluding hydrogens is 312 g/mol. The molecule has 6 nitrogen and oxygen atoms in total. The highest BCUT2D eigenvalue weighted by Gasteiger charge is 2.22. The molecule has 1 saturated carbocycles. The molecule has 0 saturated heterocycles. The predicted octanol–water partition coefficient (Wildman–Crippen LogP) is 2.41. The molecule has 1 aliphatic rings. The van der Waals surface area contributed by atoms with E-state index in [0.717, 1.165) is 25.7 Å². The van der Waals surface area contributed by atoms with Crippen molar-refractivity contribution >= 4 is 27.4 Å². The minimum atomic E-state index is -3.60. The van der Waals surface area contributed by atoms with Gasteiger partial charge in [-0.1, -0.05) is 43.7 Å². The van der Waals surface area contributed by atoms with Crippen molar-refractivity contribution in [1.29, 1.82) is 0 Å². The molecule has 0 aliphatic heterocycles. The van der Waals surface area contributed by atoms with Crippen LogP contribution < -0.4 is 16.0 Å². The first kappa shape index (κ1) is 16.5. The van der Waals surface area contributed by atoms with Crippen LogP contribution in [0.5, 0.6) is 0 Å². The van der Waals surface area contributed by atoms with Crippen molar-refractivity contribution in [2.24, 2.45) is 5.84 Å². The Morgan fingerprint density at radius 1 is 1.19 bits per heavy atom. The summed E-state index contributed by atoms with van der Waals surface area (Å²) in [6.07, 6.45) is 8.71. The standard InChI is InChI=1S/C13H21ClN4O2S/c14-12-8-11(9-16-13(12)17-15)21(19,20)18-10-6-4-2-1-3-5-7-10/h8-10,18H,1-7,15H2,(H,16,17). The number of sulfonamides is 1. The maximum absolute atomic E-state index is 12.4. The van der Waals surface area contributed by atoms with Crippen molar-refractivity contribution in [3.05, 3.63) is 17.3 Å². The molecule has 118 valence electrons. The molecule has 1 aromatic rings. The van der Waals surface area contributed by atoms with Crippen molar-refractivity contribution < 1.29 is 8.42 Å². The molecule has 0 atom stereocenters. The van der Waals surface area contributed by atoms with Gasteiger partial charge in [0.1, 0.15) is 4.90 Å². The second kappa shape index (κ2) is 7.40.